The predicted molar refractivity (Wildman–Crippen MR) is 20.5 cm³/mol. The van der Waals surface area contributed by atoms with Gasteiger partial charge >= 0.3 is 0 Å². The molecule has 1 N–H and O–H groups in total. The van der Waals surface area contributed by atoms with Gasteiger partial charge in [-0.1, -0.05) is 5.16 Å². The van der Waals surface area contributed by atoms with E-state index in [1.807, 2.05) is 0 Å². The zero-order chi connectivity index (χ0) is 4.99. The summed E-state index contributed by atoms with van der Waals surface area (Å²) in [6.45, 7) is 1.42. The molecule has 0 radical (unpaired) electrons. The van der Waals surface area contributed by atoms with E-state index < -0.39 is 0 Å². The molecule has 0 fully saturated rings. The predicted octanol–water partition coefficient (Wildman–Crippen LogP) is 0.360. The van der Waals surface area contributed by atoms with Crippen LogP contribution in [0.4, 0.5) is 0 Å². The van der Waals surface area contributed by atoms with Crippen LogP contribution < -0.4 is 0 Å². The summed E-state index contributed by atoms with van der Waals surface area (Å²) >= 11 is 0. The molecule has 0 aliphatic rings. The molecule has 0 bridgehead atoms. The molecule has 32 valence electrons. The van der Waals surface area contributed by atoms with Gasteiger partial charge in [0.2, 0.25) is 0 Å². The lowest BCUT2D eigenvalue weighted by Crippen LogP contribution is -1.79. The highest BCUT2D eigenvalue weighted by molar-refractivity contribution is 5.95. The third-order valence-corrected chi connectivity index (χ3v) is 0.312. The van der Waals surface area contributed by atoms with E-state index >= 15 is 0 Å². The molecule has 0 aliphatic heterocycles. The summed E-state index contributed by atoms with van der Waals surface area (Å²) in [5, 5.41) is 18.1. The highest BCUT2D eigenvalue weighted by Crippen LogP contribution is 1.64. The molecule has 0 aromatic carbocycles. The van der Waals surface area contributed by atoms with E-state index in [-0.39, 0.29) is 5.71 Å². The van der Waals surface area contributed by atoms with Gasteiger partial charge in [-0.25, -0.2) is 0 Å². The Labute approximate surface area is 35.5 Å². The average molecular weight is 84.1 g/mol. The second-order valence-corrected chi connectivity index (χ2v) is 0.797. The summed E-state index contributed by atoms with van der Waals surface area (Å²) < 4.78 is 0. The second kappa shape index (κ2) is 2.21. The number of nitriles is 1. The molecule has 3 heteroatoms. The molecule has 3 nitrogen and oxygen atoms in total. The van der Waals surface area contributed by atoms with Crippen molar-refractivity contribution in [2.45, 2.75) is 6.92 Å². The maximum atomic E-state index is 7.79. The molecular weight excluding hydrogens is 80.0 g/mol. The first-order valence-corrected chi connectivity index (χ1v) is 1.40. The minimum Gasteiger partial charge on any atom is -0.410 e. The van der Waals surface area contributed by atoms with Crippen molar-refractivity contribution in [3.63, 3.8) is 0 Å². The van der Waals surface area contributed by atoms with Gasteiger partial charge in [0.05, 0.1) is 0 Å². The molecule has 0 amide bonds. The largest absolute Gasteiger partial charge is 0.410 e. The fourth-order valence-electron chi connectivity index (χ4n) is 0.0224. The van der Waals surface area contributed by atoms with Crippen molar-refractivity contribution in [1.82, 2.24) is 0 Å². The lowest BCUT2D eigenvalue weighted by molar-refractivity contribution is 0.319. The van der Waals surface area contributed by atoms with Crippen molar-refractivity contribution < 1.29 is 5.21 Å². The van der Waals surface area contributed by atoms with E-state index in [9.17, 15) is 0 Å². The summed E-state index contributed by atoms with van der Waals surface area (Å²) in [5.41, 5.74) is 0.0787. The van der Waals surface area contributed by atoms with E-state index in [2.05, 4.69) is 5.16 Å². The molecule has 0 aliphatic carbocycles. The Morgan fingerprint density at radius 2 is 2.50 bits per heavy atom. The molecule has 6 heavy (non-hydrogen) atoms. The van der Waals surface area contributed by atoms with E-state index in [4.69, 9.17) is 10.5 Å². The van der Waals surface area contributed by atoms with E-state index in [0.717, 1.165) is 0 Å². The Hall–Kier alpha value is -1.04. The number of nitrogens with zero attached hydrogens (tertiary/aromatic N) is 2. The molecule has 0 rings (SSSR count). The first kappa shape index (κ1) is 4.96. The smallest absolute Gasteiger partial charge is 0.153 e. The molecular formula is C3H4N2O. The Balaban J connectivity index is 3.61. The molecule has 0 spiro atoms. The molecule has 0 atom stereocenters. The summed E-state index contributed by atoms with van der Waals surface area (Å²) in [5.74, 6) is 0. The van der Waals surface area contributed by atoms with Crippen molar-refractivity contribution in [2.24, 2.45) is 5.16 Å². The van der Waals surface area contributed by atoms with Crippen molar-refractivity contribution in [3.8, 4) is 6.07 Å². The van der Waals surface area contributed by atoms with Crippen LogP contribution in [0.25, 0.3) is 0 Å². The van der Waals surface area contributed by atoms with Crippen LogP contribution >= 0.6 is 0 Å². The molecule has 0 saturated carbocycles. The highest BCUT2D eigenvalue weighted by Gasteiger charge is 1.76. The quantitative estimate of drug-likeness (QED) is 0.262. The van der Waals surface area contributed by atoms with Crippen LogP contribution in [0.3, 0.4) is 0 Å². The van der Waals surface area contributed by atoms with E-state index in [1.165, 1.54) is 6.92 Å². The van der Waals surface area contributed by atoms with Gasteiger partial charge in [0.1, 0.15) is 6.07 Å². The van der Waals surface area contributed by atoms with Gasteiger partial charge in [0.25, 0.3) is 0 Å². The van der Waals surface area contributed by atoms with Gasteiger partial charge in [0.15, 0.2) is 5.71 Å². The number of oxime groups is 1. The van der Waals surface area contributed by atoms with E-state index in [0.29, 0.717) is 0 Å². The number of hydrogen-bond acceptors (Lipinski definition) is 3. The third kappa shape index (κ3) is 1.30. The SMILES string of the molecule is C/C(C#N)=N\O. The first-order chi connectivity index (χ1) is 2.81. The summed E-state index contributed by atoms with van der Waals surface area (Å²) in [6, 6.07) is 1.61. The maximum absolute atomic E-state index is 7.79. The fourth-order valence-corrected chi connectivity index (χ4v) is 0.0224. The normalized spacial score (nSPS) is 10.3. The van der Waals surface area contributed by atoms with Crippen molar-refractivity contribution in [2.75, 3.05) is 0 Å². The van der Waals surface area contributed by atoms with Crippen molar-refractivity contribution >= 4 is 5.71 Å². The van der Waals surface area contributed by atoms with Crippen LogP contribution in [0.2, 0.25) is 0 Å². The van der Waals surface area contributed by atoms with Crippen LogP contribution in [0.15, 0.2) is 5.16 Å². The maximum Gasteiger partial charge on any atom is 0.153 e. The first-order valence-electron chi connectivity index (χ1n) is 1.40. The van der Waals surface area contributed by atoms with Gasteiger partial charge in [0, 0.05) is 0 Å². The van der Waals surface area contributed by atoms with Gasteiger partial charge in [-0.15, -0.1) is 0 Å². The Bertz CT molecular complexity index is 99.9. The number of rotatable bonds is 0. The number of hydrogen-bond donors (Lipinski definition) is 1. The topological polar surface area (TPSA) is 56.4 Å². The van der Waals surface area contributed by atoms with Gasteiger partial charge < -0.3 is 5.21 Å². The summed E-state index contributed by atoms with van der Waals surface area (Å²) in [4.78, 5) is 0. The monoisotopic (exact) mass is 84.0 g/mol. The Kier molecular flexibility index (Phi) is 1.83. The van der Waals surface area contributed by atoms with Crippen LogP contribution in [0.5, 0.6) is 0 Å². The van der Waals surface area contributed by atoms with Crippen LogP contribution in [-0.4, -0.2) is 10.9 Å². The molecule has 0 aromatic rings. The van der Waals surface area contributed by atoms with Crippen LogP contribution in [0, 0.1) is 11.3 Å². The van der Waals surface area contributed by atoms with Gasteiger partial charge in [-0.05, 0) is 6.92 Å². The molecule has 0 heterocycles. The van der Waals surface area contributed by atoms with Crippen molar-refractivity contribution in [3.05, 3.63) is 0 Å². The zero-order valence-corrected chi connectivity index (χ0v) is 3.34. The van der Waals surface area contributed by atoms with E-state index in [1.54, 1.807) is 6.07 Å². The van der Waals surface area contributed by atoms with Crippen LogP contribution in [0.1, 0.15) is 6.92 Å². The zero-order valence-electron chi connectivity index (χ0n) is 3.34. The highest BCUT2D eigenvalue weighted by atomic mass is 16.4. The van der Waals surface area contributed by atoms with Gasteiger partial charge in [-0.2, -0.15) is 5.26 Å². The standard InChI is InChI=1S/C3H4N2O/c1-3(2-4)5-6/h6H,1H3/b5-3+. The molecule has 0 unspecified atom stereocenters. The van der Waals surface area contributed by atoms with Crippen molar-refractivity contribution in [1.29, 1.82) is 5.26 Å². The molecule has 0 aromatic heterocycles. The second-order valence-electron chi connectivity index (χ2n) is 0.797. The summed E-state index contributed by atoms with van der Waals surface area (Å²) in [7, 11) is 0. The third-order valence-electron chi connectivity index (χ3n) is 0.312. The Morgan fingerprint density at radius 3 is 2.50 bits per heavy atom. The minimum atomic E-state index is 0.0787. The molecule has 0 saturated heterocycles. The Morgan fingerprint density at radius 1 is 2.00 bits per heavy atom. The minimum absolute atomic E-state index is 0.0787. The van der Waals surface area contributed by atoms with Gasteiger partial charge in [-0.3, -0.25) is 0 Å². The lowest BCUT2D eigenvalue weighted by Gasteiger charge is -1.68. The fraction of sp³-hybridized carbons (Fsp3) is 0.333. The average Bonchev–Trinajstić information content (AvgIpc) is 1.65. The lowest BCUT2D eigenvalue weighted by atomic mass is 10.5. The summed E-state index contributed by atoms with van der Waals surface area (Å²) in [6.07, 6.45) is 0. The van der Waals surface area contributed by atoms with Crippen LogP contribution in [-0.2, 0) is 0 Å².